The molecule has 0 N–H and O–H groups in total. The molecule has 0 aromatic carbocycles. The van der Waals surface area contributed by atoms with Crippen LogP contribution in [0, 0.1) is 0 Å². The van der Waals surface area contributed by atoms with Crippen LogP contribution in [-0.2, 0) is 23.7 Å². The summed E-state index contributed by atoms with van der Waals surface area (Å²) in [4.78, 5) is 0. The van der Waals surface area contributed by atoms with Crippen molar-refractivity contribution in [3.8, 4) is 0 Å². The quantitative estimate of drug-likeness (QED) is 0.0499. The van der Waals surface area contributed by atoms with Gasteiger partial charge in [0.15, 0.2) is 0 Å². The lowest BCUT2D eigenvalue weighted by molar-refractivity contribution is -0.0919. The van der Waals surface area contributed by atoms with Crippen molar-refractivity contribution in [2.75, 3.05) is 34.0 Å². The van der Waals surface area contributed by atoms with E-state index in [-0.39, 0.29) is 18.3 Å². The summed E-state index contributed by atoms with van der Waals surface area (Å²) in [6.45, 7) is 11.1. The number of hydrogen-bond donors (Lipinski definition) is 0. The van der Waals surface area contributed by atoms with Crippen molar-refractivity contribution in [2.45, 2.75) is 213 Å². The molecule has 0 radical (unpaired) electrons. The third-order valence-electron chi connectivity index (χ3n) is 8.98. The zero-order valence-corrected chi connectivity index (χ0v) is 31.3. The third kappa shape index (κ3) is 29.3. The molecular formula is C40H80O5. The number of ether oxygens (including phenoxy) is 5. The number of hydrogen-bond acceptors (Lipinski definition) is 5. The van der Waals surface area contributed by atoms with Crippen LogP contribution in [0.25, 0.3) is 0 Å². The van der Waals surface area contributed by atoms with E-state index in [2.05, 4.69) is 27.7 Å². The highest BCUT2D eigenvalue weighted by Gasteiger charge is 2.25. The zero-order chi connectivity index (χ0) is 33.1. The molecule has 0 bridgehead atoms. The first-order valence-electron chi connectivity index (χ1n) is 19.7. The lowest BCUT2D eigenvalue weighted by Crippen LogP contribution is -2.35. The lowest BCUT2D eigenvalue weighted by Gasteiger charge is -2.29. The second kappa shape index (κ2) is 36.2. The van der Waals surface area contributed by atoms with Gasteiger partial charge in [-0.15, -0.1) is 0 Å². The van der Waals surface area contributed by atoms with Crippen molar-refractivity contribution in [3.63, 3.8) is 0 Å². The van der Waals surface area contributed by atoms with Gasteiger partial charge in [0.2, 0.25) is 0 Å². The topological polar surface area (TPSA) is 46.2 Å². The van der Waals surface area contributed by atoms with E-state index >= 15 is 0 Å². The summed E-state index contributed by atoms with van der Waals surface area (Å²) in [5.41, 5.74) is 0. The minimum atomic E-state index is -0.0454. The first-order chi connectivity index (χ1) is 22.2. The molecule has 0 heterocycles. The average Bonchev–Trinajstić information content (AvgIpc) is 3.05. The maximum atomic E-state index is 6.35. The molecule has 0 aliphatic heterocycles. The van der Waals surface area contributed by atoms with E-state index in [4.69, 9.17) is 23.7 Å². The van der Waals surface area contributed by atoms with Gasteiger partial charge in [-0.3, -0.25) is 0 Å². The van der Waals surface area contributed by atoms with Crippen LogP contribution < -0.4 is 0 Å². The van der Waals surface area contributed by atoms with Crippen LogP contribution in [0.1, 0.15) is 188 Å². The van der Waals surface area contributed by atoms with Gasteiger partial charge in [0.1, 0.15) is 0 Å². The van der Waals surface area contributed by atoms with Crippen LogP contribution in [0.15, 0.2) is 12.3 Å². The van der Waals surface area contributed by atoms with Gasteiger partial charge < -0.3 is 23.7 Å². The van der Waals surface area contributed by atoms with Crippen molar-refractivity contribution in [1.82, 2.24) is 0 Å². The van der Waals surface area contributed by atoms with Gasteiger partial charge in [0, 0.05) is 33.4 Å². The molecule has 0 spiro atoms. The maximum Gasteiger partial charge on any atom is 0.0864 e. The van der Waals surface area contributed by atoms with Gasteiger partial charge in [0.25, 0.3) is 0 Å². The normalized spacial score (nSPS) is 14.6. The molecule has 0 aliphatic carbocycles. The highest BCUT2D eigenvalue weighted by Crippen LogP contribution is 2.22. The van der Waals surface area contributed by atoms with Gasteiger partial charge >= 0.3 is 0 Å². The molecule has 0 fully saturated rings. The SMILES string of the molecule is CCCCCCCCCCCCCCCCCCC(CCCCCC(OCCC)C(CC(C=COC)OC)OCCC)OCC. The Kier molecular flexibility index (Phi) is 35.7. The molecule has 0 saturated carbocycles. The van der Waals surface area contributed by atoms with E-state index in [9.17, 15) is 0 Å². The molecule has 0 saturated heterocycles. The van der Waals surface area contributed by atoms with Crippen molar-refractivity contribution >= 4 is 0 Å². The van der Waals surface area contributed by atoms with Gasteiger partial charge in [0.05, 0.1) is 37.8 Å². The highest BCUT2D eigenvalue weighted by molar-refractivity contribution is 4.88. The molecule has 4 unspecified atom stereocenters. The smallest absolute Gasteiger partial charge is 0.0864 e. The predicted molar refractivity (Wildman–Crippen MR) is 194 cm³/mol. The molecule has 0 aromatic rings. The standard InChI is InChI=1S/C40H80O5/c1-7-11-12-13-14-15-16-17-18-19-20-21-22-23-24-26-29-37(43-10-4)30-27-25-28-31-39(44-33-8-2)40(45-34-9-3)36-38(42-6)32-35-41-5/h32,35,37-40H,7-31,33-34,36H2,1-6H3. The Labute approximate surface area is 282 Å². The Balaban J connectivity index is 4.18. The van der Waals surface area contributed by atoms with Crippen LogP contribution in [0.2, 0.25) is 0 Å². The molecule has 0 aromatic heterocycles. The van der Waals surface area contributed by atoms with Gasteiger partial charge in [-0.25, -0.2) is 0 Å². The summed E-state index contributed by atoms with van der Waals surface area (Å²) in [6, 6.07) is 0. The number of unbranched alkanes of at least 4 members (excludes halogenated alkanes) is 17. The maximum absolute atomic E-state index is 6.35. The Morgan fingerprint density at radius 2 is 0.911 bits per heavy atom. The molecular weight excluding hydrogens is 560 g/mol. The van der Waals surface area contributed by atoms with Gasteiger partial charge in [-0.2, -0.15) is 0 Å². The molecule has 4 atom stereocenters. The molecule has 270 valence electrons. The Morgan fingerprint density at radius 1 is 0.467 bits per heavy atom. The van der Waals surface area contributed by atoms with Crippen LogP contribution in [0.5, 0.6) is 0 Å². The van der Waals surface area contributed by atoms with E-state index in [1.807, 2.05) is 6.08 Å². The summed E-state index contributed by atoms with van der Waals surface area (Å²) in [5.74, 6) is 0. The van der Waals surface area contributed by atoms with Crippen LogP contribution >= 0.6 is 0 Å². The second-order valence-electron chi connectivity index (χ2n) is 13.2. The van der Waals surface area contributed by atoms with Crippen LogP contribution in [0.4, 0.5) is 0 Å². The fraction of sp³-hybridized carbons (Fsp3) is 0.950. The van der Waals surface area contributed by atoms with Crippen molar-refractivity contribution in [3.05, 3.63) is 12.3 Å². The van der Waals surface area contributed by atoms with E-state index in [1.54, 1.807) is 20.5 Å². The van der Waals surface area contributed by atoms with E-state index in [1.165, 1.54) is 128 Å². The van der Waals surface area contributed by atoms with E-state index in [0.29, 0.717) is 6.10 Å². The Bertz CT molecular complexity index is 583. The van der Waals surface area contributed by atoms with Crippen molar-refractivity contribution < 1.29 is 23.7 Å². The zero-order valence-electron chi connectivity index (χ0n) is 31.3. The summed E-state index contributed by atoms with van der Waals surface area (Å²) < 4.78 is 29.6. The molecule has 5 heteroatoms. The molecule has 5 nitrogen and oxygen atoms in total. The van der Waals surface area contributed by atoms with Crippen LogP contribution in [0.3, 0.4) is 0 Å². The minimum Gasteiger partial charge on any atom is -0.505 e. The summed E-state index contributed by atoms with van der Waals surface area (Å²) in [7, 11) is 3.41. The predicted octanol–water partition coefficient (Wildman–Crippen LogP) is 12.1. The highest BCUT2D eigenvalue weighted by atomic mass is 16.5. The fourth-order valence-electron chi connectivity index (χ4n) is 6.25. The first-order valence-corrected chi connectivity index (χ1v) is 19.7. The summed E-state index contributed by atoms with van der Waals surface area (Å²) in [5, 5.41) is 0. The largest absolute Gasteiger partial charge is 0.505 e. The first kappa shape index (κ1) is 44.4. The van der Waals surface area contributed by atoms with Crippen LogP contribution in [-0.4, -0.2) is 58.5 Å². The van der Waals surface area contributed by atoms with E-state index in [0.717, 1.165) is 51.9 Å². The Hall–Kier alpha value is -0.620. The van der Waals surface area contributed by atoms with Crippen molar-refractivity contribution in [2.24, 2.45) is 0 Å². The minimum absolute atomic E-state index is 0.0223. The van der Waals surface area contributed by atoms with E-state index < -0.39 is 0 Å². The fourth-order valence-corrected chi connectivity index (χ4v) is 6.25. The second-order valence-corrected chi connectivity index (χ2v) is 13.2. The molecule has 45 heavy (non-hydrogen) atoms. The van der Waals surface area contributed by atoms with Crippen molar-refractivity contribution in [1.29, 1.82) is 0 Å². The number of methoxy groups -OCH3 is 2. The molecule has 0 aliphatic rings. The average molecular weight is 641 g/mol. The summed E-state index contributed by atoms with van der Waals surface area (Å²) >= 11 is 0. The third-order valence-corrected chi connectivity index (χ3v) is 8.98. The summed E-state index contributed by atoms with van der Waals surface area (Å²) in [6.07, 6.45) is 36.7. The number of rotatable bonds is 37. The lowest BCUT2D eigenvalue weighted by atomic mass is 9.98. The Morgan fingerprint density at radius 3 is 1.36 bits per heavy atom. The van der Waals surface area contributed by atoms with Gasteiger partial charge in [-0.05, 0) is 45.1 Å². The monoisotopic (exact) mass is 641 g/mol. The van der Waals surface area contributed by atoms with Gasteiger partial charge in [-0.1, -0.05) is 143 Å². The molecule has 0 rings (SSSR count). The molecule has 0 amide bonds.